The van der Waals surface area contributed by atoms with Crippen LogP contribution in [0.3, 0.4) is 0 Å². The van der Waals surface area contributed by atoms with Gasteiger partial charge < -0.3 is 40.0 Å². The van der Waals surface area contributed by atoms with Gasteiger partial charge in [0.05, 0.1) is 16.5 Å². The van der Waals surface area contributed by atoms with Crippen LogP contribution < -0.4 is 26.5 Å². The Kier molecular flexibility index (Phi) is 16.4. The van der Waals surface area contributed by atoms with E-state index in [1.54, 1.807) is 18.2 Å². The van der Waals surface area contributed by atoms with Crippen molar-refractivity contribution < 1.29 is 48.0 Å². The number of aliphatic hydroxyl groups excluding tert-OH is 1. The Hall–Kier alpha value is -6.44. The highest BCUT2D eigenvalue weighted by atomic mass is 16.6. The SMILES string of the molecule is CCCCCC(=O)OCC1(COC(=O)CCCCC)N=c2cc/c(=C3\C(=O)C(c4ccc5c6c(cccc46)NC(COC(=O)CCCCC)(COC(=O)CCCCC)N5)=C3O)c3cccc(c23)N1. The molecule has 14 heteroatoms. The first-order chi connectivity index (χ1) is 33.0. The van der Waals surface area contributed by atoms with Gasteiger partial charge in [0.1, 0.15) is 32.2 Å². The molecule has 0 aromatic heterocycles. The lowest BCUT2D eigenvalue weighted by Gasteiger charge is -2.40. The average molecular weight is 931 g/mol. The maximum absolute atomic E-state index is 14.4. The zero-order valence-corrected chi connectivity index (χ0v) is 40.0. The number of aliphatic hydroxyl groups is 1. The van der Waals surface area contributed by atoms with Gasteiger partial charge in [-0.15, -0.1) is 0 Å². The van der Waals surface area contributed by atoms with E-state index in [1.807, 2.05) is 42.5 Å². The molecule has 0 unspecified atom stereocenters. The normalized spacial score (nSPS) is 15.9. The number of unbranched alkanes of at least 4 members (excludes halogenated alkanes) is 8. The van der Waals surface area contributed by atoms with Crippen molar-refractivity contribution in [3.8, 4) is 0 Å². The number of ketones is 1. The Bertz CT molecular complexity index is 2640. The molecule has 0 fully saturated rings. The fourth-order valence-corrected chi connectivity index (χ4v) is 9.13. The molecule has 362 valence electrons. The lowest BCUT2D eigenvalue weighted by atomic mass is 9.79. The number of Topliss-reactive ketones (excluding diaryl/α,β-unsaturated/α-hetero) is 1. The van der Waals surface area contributed by atoms with Gasteiger partial charge >= 0.3 is 23.9 Å². The number of carbonyl (C=O) groups is 5. The molecular formula is C54H66N4O10. The largest absolute Gasteiger partial charge is 0.506 e. The monoisotopic (exact) mass is 930 g/mol. The molecule has 4 aromatic carbocycles. The smallest absolute Gasteiger partial charge is 0.305 e. The van der Waals surface area contributed by atoms with Crippen LogP contribution in [0.1, 0.15) is 136 Å². The minimum absolute atomic E-state index is 0.113. The van der Waals surface area contributed by atoms with Crippen molar-refractivity contribution in [3.05, 3.63) is 82.6 Å². The maximum Gasteiger partial charge on any atom is 0.305 e. The number of carbonyl (C=O) groups excluding carboxylic acids is 5. The molecular weight excluding hydrogens is 865 g/mol. The van der Waals surface area contributed by atoms with Crippen LogP contribution in [-0.4, -0.2) is 72.5 Å². The van der Waals surface area contributed by atoms with Crippen molar-refractivity contribution in [1.29, 1.82) is 0 Å². The fourth-order valence-electron chi connectivity index (χ4n) is 9.13. The van der Waals surface area contributed by atoms with Gasteiger partial charge in [-0.05, 0) is 71.5 Å². The van der Waals surface area contributed by atoms with Crippen molar-refractivity contribution in [1.82, 2.24) is 0 Å². The van der Waals surface area contributed by atoms with Gasteiger partial charge in [-0.1, -0.05) is 115 Å². The molecule has 4 N–H and O–H groups in total. The highest BCUT2D eigenvalue weighted by Gasteiger charge is 2.41. The number of allylic oxidation sites excluding steroid dienone is 2. The minimum atomic E-state index is -1.30. The summed E-state index contributed by atoms with van der Waals surface area (Å²) in [5, 5.41) is 26.2. The molecule has 0 bridgehead atoms. The first-order valence-corrected chi connectivity index (χ1v) is 24.6. The number of esters is 4. The molecule has 0 spiro atoms. The van der Waals surface area contributed by atoms with E-state index < -0.39 is 11.3 Å². The summed E-state index contributed by atoms with van der Waals surface area (Å²) in [4.78, 5) is 70.7. The van der Waals surface area contributed by atoms with Crippen molar-refractivity contribution in [2.75, 3.05) is 42.4 Å². The number of nitrogens with one attached hydrogen (secondary N) is 3. The van der Waals surface area contributed by atoms with Crippen LogP contribution in [0.2, 0.25) is 0 Å². The van der Waals surface area contributed by atoms with Gasteiger partial charge in [-0.2, -0.15) is 0 Å². The third-order valence-corrected chi connectivity index (χ3v) is 12.8. The summed E-state index contributed by atoms with van der Waals surface area (Å²) in [7, 11) is 0. The summed E-state index contributed by atoms with van der Waals surface area (Å²) in [6.45, 7) is 7.70. The van der Waals surface area contributed by atoms with Crippen molar-refractivity contribution in [3.63, 3.8) is 0 Å². The van der Waals surface area contributed by atoms with Crippen molar-refractivity contribution in [2.45, 2.75) is 142 Å². The Labute approximate surface area is 397 Å². The van der Waals surface area contributed by atoms with E-state index in [2.05, 4.69) is 43.6 Å². The zero-order chi connectivity index (χ0) is 48.3. The van der Waals surface area contributed by atoms with Crippen LogP contribution in [-0.2, 0) is 42.9 Å². The first kappa shape index (κ1) is 49.5. The summed E-state index contributed by atoms with van der Waals surface area (Å²) < 4.78 is 23.1. The highest BCUT2D eigenvalue weighted by molar-refractivity contribution is 6.53. The Morgan fingerprint density at radius 2 is 1.00 bits per heavy atom. The molecule has 7 rings (SSSR count). The summed E-state index contributed by atoms with van der Waals surface area (Å²) >= 11 is 0. The van der Waals surface area contributed by atoms with E-state index >= 15 is 0 Å². The van der Waals surface area contributed by atoms with Crippen LogP contribution in [0.15, 0.2) is 71.4 Å². The molecule has 0 atom stereocenters. The molecule has 2 aliphatic heterocycles. The van der Waals surface area contributed by atoms with Crippen LogP contribution in [0.4, 0.5) is 17.1 Å². The Morgan fingerprint density at radius 3 is 1.50 bits per heavy atom. The van der Waals surface area contributed by atoms with E-state index in [4.69, 9.17) is 23.9 Å². The predicted octanol–water partition coefficient (Wildman–Crippen LogP) is 9.46. The Balaban J connectivity index is 1.21. The van der Waals surface area contributed by atoms with Crippen LogP contribution in [0.25, 0.3) is 32.7 Å². The minimum Gasteiger partial charge on any atom is -0.506 e. The summed E-state index contributed by atoms with van der Waals surface area (Å²) in [6.07, 6.45) is 11.5. The molecule has 1 aliphatic carbocycles. The third-order valence-electron chi connectivity index (χ3n) is 12.8. The standard InChI is InChI=1S/C54H66N4O10/c1-5-9-13-23-43(59)65-31-53(32-66-44(60)24-14-10-6-2)55-39-21-17-19-35-37(27-29-41(57-53)47(35)39)49-51(63)50(52(49)64)38-28-30-42-48-36(38)20-18-22-40(48)56-54(58-42,33-67-45(61)25-15-11-7-3)34-68-46(62)26-16-12-8-4/h17-22,27-30,55-57,63H,5-16,23-26,31-34H2,1-4H3/b50-38+. The second-order valence-electron chi connectivity index (χ2n) is 18.2. The molecule has 68 heavy (non-hydrogen) atoms. The highest BCUT2D eigenvalue weighted by Crippen LogP contribution is 2.45. The molecule has 4 aromatic rings. The van der Waals surface area contributed by atoms with E-state index in [0.29, 0.717) is 62.2 Å². The molecule has 14 nitrogen and oxygen atoms in total. The van der Waals surface area contributed by atoms with Crippen molar-refractivity contribution in [2.24, 2.45) is 4.99 Å². The van der Waals surface area contributed by atoms with Gasteiger partial charge in [-0.25, -0.2) is 4.99 Å². The summed E-state index contributed by atoms with van der Waals surface area (Å²) in [6, 6.07) is 18.3. The lowest BCUT2D eigenvalue weighted by Crippen LogP contribution is -2.56. The molecule has 0 saturated heterocycles. The van der Waals surface area contributed by atoms with Gasteiger partial charge in [0, 0.05) is 53.5 Å². The van der Waals surface area contributed by atoms with Crippen LogP contribution in [0.5, 0.6) is 0 Å². The van der Waals surface area contributed by atoms with E-state index in [1.165, 1.54) is 0 Å². The molecule has 3 aliphatic rings. The molecule has 0 saturated carbocycles. The van der Waals surface area contributed by atoms with E-state index in [0.717, 1.165) is 69.6 Å². The summed E-state index contributed by atoms with van der Waals surface area (Å²) in [5.74, 6) is -1.87. The number of rotatable bonds is 25. The fraction of sp³-hybridized carbons (Fsp3) is 0.481. The second-order valence-corrected chi connectivity index (χ2v) is 18.2. The lowest BCUT2D eigenvalue weighted by molar-refractivity contribution is -0.151. The van der Waals surface area contributed by atoms with E-state index in [9.17, 15) is 29.1 Å². The summed E-state index contributed by atoms with van der Waals surface area (Å²) in [5.41, 5.74) is 0.394. The van der Waals surface area contributed by atoms with Gasteiger partial charge in [-0.3, -0.25) is 24.0 Å². The van der Waals surface area contributed by atoms with Gasteiger partial charge in [0.2, 0.25) is 5.78 Å². The molecule has 0 radical (unpaired) electrons. The second kappa shape index (κ2) is 22.6. The van der Waals surface area contributed by atoms with Gasteiger partial charge in [0.25, 0.3) is 0 Å². The number of hydrogen-bond donors (Lipinski definition) is 4. The number of ether oxygens (including phenoxy) is 4. The average Bonchev–Trinajstić information content (AvgIpc) is 3.33. The Morgan fingerprint density at radius 1 is 0.529 bits per heavy atom. The van der Waals surface area contributed by atoms with E-state index in [-0.39, 0.29) is 98.7 Å². The maximum atomic E-state index is 14.4. The van der Waals surface area contributed by atoms with Gasteiger partial charge in [0.15, 0.2) is 11.3 Å². The number of anilines is 3. The number of nitrogens with zero attached hydrogens (tertiary/aromatic N) is 1. The first-order valence-electron chi connectivity index (χ1n) is 24.6. The predicted molar refractivity (Wildman–Crippen MR) is 263 cm³/mol. The number of benzene rings is 4. The van der Waals surface area contributed by atoms with Crippen molar-refractivity contribution >= 4 is 79.4 Å². The topological polar surface area (TPSA) is 191 Å². The van der Waals surface area contributed by atoms with Crippen LogP contribution in [0, 0.1) is 0 Å². The van der Waals surface area contributed by atoms with Crippen LogP contribution >= 0.6 is 0 Å². The zero-order valence-electron chi connectivity index (χ0n) is 40.0. The number of hydrogen-bond acceptors (Lipinski definition) is 14. The molecule has 2 heterocycles. The third kappa shape index (κ3) is 11.1. The quantitative estimate of drug-likeness (QED) is 0.0280. The molecule has 0 amide bonds.